The van der Waals surface area contributed by atoms with Gasteiger partial charge in [-0.1, -0.05) is 25.1 Å². The second-order valence-electron chi connectivity index (χ2n) is 6.67. The third-order valence-corrected chi connectivity index (χ3v) is 5.89. The van der Waals surface area contributed by atoms with Crippen LogP contribution in [0, 0.1) is 0 Å². The van der Waals surface area contributed by atoms with E-state index in [1.165, 1.54) is 37.3 Å². The van der Waals surface area contributed by atoms with E-state index in [0.29, 0.717) is 15.3 Å². The number of rotatable bonds is 7. The van der Waals surface area contributed by atoms with Gasteiger partial charge in [-0.05, 0) is 37.3 Å². The zero-order chi connectivity index (χ0) is 24.2. The number of esters is 1. The maximum Gasteiger partial charge on any atom is 0.434 e. The number of nitrogens with one attached hydrogen (secondary N) is 1. The Bertz CT molecular complexity index is 1210. The van der Waals surface area contributed by atoms with Crippen molar-refractivity contribution in [1.29, 1.82) is 0 Å². The van der Waals surface area contributed by atoms with Crippen LogP contribution in [0.4, 0.5) is 18.9 Å². The van der Waals surface area contributed by atoms with Gasteiger partial charge in [-0.2, -0.15) is 18.3 Å². The number of hydrogen-bond donors (Lipinski definition) is 1. The summed E-state index contributed by atoms with van der Waals surface area (Å²) < 4.78 is 58.8. The standard InChI is InChI=1S/C22H20F3N3O4S/c1-3-32-21(30)17-13-26-28(19(17)22(23,24)25)15-9-7-8-14(12-15)27-20(29)16-10-5-6-11-18(16)33(31)4-2/h5-13H,3-4H2,1-2H3,(H,27,29). The van der Waals surface area contributed by atoms with Gasteiger partial charge >= 0.3 is 12.1 Å². The molecule has 1 atom stereocenters. The van der Waals surface area contributed by atoms with Crippen LogP contribution >= 0.6 is 0 Å². The van der Waals surface area contributed by atoms with Gasteiger partial charge < -0.3 is 10.1 Å². The van der Waals surface area contributed by atoms with E-state index < -0.39 is 40.1 Å². The smallest absolute Gasteiger partial charge is 0.434 e. The molecule has 0 aliphatic rings. The summed E-state index contributed by atoms with van der Waals surface area (Å²) in [4.78, 5) is 25.1. The van der Waals surface area contributed by atoms with E-state index in [1.807, 2.05) is 0 Å². The highest BCUT2D eigenvalue weighted by Crippen LogP contribution is 2.34. The molecule has 1 aromatic heterocycles. The van der Waals surface area contributed by atoms with Crippen LogP contribution in [0.15, 0.2) is 59.6 Å². The molecule has 1 N–H and O–H groups in total. The molecule has 0 saturated carbocycles. The summed E-state index contributed by atoms with van der Waals surface area (Å²) in [7, 11) is -1.38. The maximum absolute atomic E-state index is 13.7. The van der Waals surface area contributed by atoms with Crippen molar-refractivity contribution in [3.63, 3.8) is 0 Å². The first-order chi connectivity index (χ1) is 15.7. The van der Waals surface area contributed by atoms with E-state index in [2.05, 4.69) is 10.4 Å². The second kappa shape index (κ2) is 9.99. The second-order valence-corrected chi connectivity index (χ2v) is 8.38. The van der Waals surface area contributed by atoms with Gasteiger partial charge in [-0.3, -0.25) is 9.00 Å². The molecule has 33 heavy (non-hydrogen) atoms. The number of alkyl halides is 3. The Labute approximate surface area is 190 Å². The van der Waals surface area contributed by atoms with E-state index >= 15 is 0 Å². The van der Waals surface area contributed by atoms with Gasteiger partial charge in [-0.25, -0.2) is 9.48 Å². The number of amides is 1. The van der Waals surface area contributed by atoms with Crippen molar-refractivity contribution in [2.45, 2.75) is 24.9 Å². The van der Waals surface area contributed by atoms with Gasteiger partial charge in [0.05, 0.1) is 39.7 Å². The highest BCUT2D eigenvalue weighted by Gasteiger charge is 2.41. The van der Waals surface area contributed by atoms with Gasteiger partial charge in [0.1, 0.15) is 5.56 Å². The van der Waals surface area contributed by atoms with Crippen LogP contribution in [0.2, 0.25) is 0 Å². The Morgan fingerprint density at radius 2 is 1.82 bits per heavy atom. The monoisotopic (exact) mass is 479 g/mol. The fourth-order valence-corrected chi connectivity index (χ4v) is 4.04. The molecule has 1 heterocycles. The highest BCUT2D eigenvalue weighted by molar-refractivity contribution is 7.85. The quantitative estimate of drug-likeness (QED) is 0.506. The maximum atomic E-state index is 13.7. The van der Waals surface area contributed by atoms with Crippen LogP contribution in [0.3, 0.4) is 0 Å². The molecular formula is C22H20F3N3O4S. The number of anilines is 1. The average Bonchev–Trinajstić information content (AvgIpc) is 3.25. The molecule has 0 bridgehead atoms. The SMILES string of the molecule is CCOC(=O)c1cnn(-c2cccc(NC(=O)c3ccccc3S(=O)CC)c2)c1C(F)(F)F. The highest BCUT2D eigenvalue weighted by atomic mass is 32.2. The van der Waals surface area contributed by atoms with Crippen LogP contribution in [-0.4, -0.2) is 38.2 Å². The lowest BCUT2D eigenvalue weighted by Crippen LogP contribution is -2.19. The molecule has 0 fully saturated rings. The van der Waals surface area contributed by atoms with Gasteiger partial charge in [0.25, 0.3) is 5.91 Å². The Hall–Kier alpha value is -3.47. The van der Waals surface area contributed by atoms with E-state index in [1.54, 1.807) is 25.1 Å². The molecule has 1 amide bonds. The van der Waals surface area contributed by atoms with Crippen LogP contribution in [0.1, 0.15) is 40.3 Å². The molecule has 3 rings (SSSR count). The van der Waals surface area contributed by atoms with Crippen molar-refractivity contribution >= 4 is 28.4 Å². The summed E-state index contributed by atoms with van der Waals surface area (Å²) in [5.41, 5.74) is -1.64. The minimum Gasteiger partial charge on any atom is -0.462 e. The van der Waals surface area contributed by atoms with E-state index in [9.17, 15) is 27.0 Å². The predicted molar refractivity (Wildman–Crippen MR) is 116 cm³/mol. The van der Waals surface area contributed by atoms with Crippen LogP contribution in [-0.2, 0) is 21.7 Å². The van der Waals surface area contributed by atoms with Crippen molar-refractivity contribution in [2.24, 2.45) is 0 Å². The van der Waals surface area contributed by atoms with Crippen LogP contribution in [0.5, 0.6) is 0 Å². The minimum absolute atomic E-state index is 0.0268. The summed E-state index contributed by atoms with van der Waals surface area (Å²) in [5, 5.41) is 6.33. The summed E-state index contributed by atoms with van der Waals surface area (Å²) in [6.07, 6.45) is -4.09. The van der Waals surface area contributed by atoms with E-state index in [0.717, 1.165) is 6.20 Å². The Kier molecular flexibility index (Phi) is 7.32. The Balaban J connectivity index is 1.97. The molecule has 0 spiro atoms. The molecule has 3 aromatic rings. The van der Waals surface area contributed by atoms with Gasteiger partial charge in [0.15, 0.2) is 5.69 Å². The minimum atomic E-state index is -4.89. The number of benzene rings is 2. The number of carbonyl (C=O) groups is 2. The lowest BCUT2D eigenvalue weighted by atomic mass is 10.2. The van der Waals surface area contributed by atoms with Crippen LogP contribution < -0.4 is 5.32 Å². The largest absolute Gasteiger partial charge is 0.462 e. The lowest BCUT2D eigenvalue weighted by Gasteiger charge is -2.14. The summed E-state index contributed by atoms with van der Waals surface area (Å²) in [5.74, 6) is -1.38. The summed E-state index contributed by atoms with van der Waals surface area (Å²) in [6.45, 7) is 3.12. The van der Waals surface area contributed by atoms with Crippen LogP contribution in [0.25, 0.3) is 5.69 Å². The molecule has 0 saturated heterocycles. The summed E-state index contributed by atoms with van der Waals surface area (Å²) in [6, 6.07) is 12.0. The number of nitrogens with zero attached hydrogens (tertiary/aromatic N) is 2. The third kappa shape index (κ3) is 5.30. The van der Waals surface area contributed by atoms with Crippen molar-refractivity contribution in [1.82, 2.24) is 9.78 Å². The molecule has 1 unspecified atom stereocenters. The normalized spacial score (nSPS) is 12.3. The molecule has 0 aliphatic carbocycles. The Morgan fingerprint density at radius 1 is 1.09 bits per heavy atom. The molecule has 0 aliphatic heterocycles. The fourth-order valence-electron chi connectivity index (χ4n) is 3.10. The Morgan fingerprint density at radius 3 is 2.48 bits per heavy atom. The van der Waals surface area contributed by atoms with Gasteiger partial charge in [0.2, 0.25) is 0 Å². The first-order valence-electron chi connectivity index (χ1n) is 9.88. The number of carbonyl (C=O) groups excluding carboxylic acids is 2. The number of hydrogen-bond acceptors (Lipinski definition) is 5. The third-order valence-electron chi connectivity index (χ3n) is 4.52. The number of aromatic nitrogens is 2. The molecule has 174 valence electrons. The fraction of sp³-hybridized carbons (Fsp3) is 0.227. The average molecular weight is 479 g/mol. The zero-order valence-electron chi connectivity index (χ0n) is 17.7. The van der Waals surface area contributed by atoms with E-state index in [-0.39, 0.29) is 23.5 Å². The molecule has 11 heteroatoms. The van der Waals surface area contributed by atoms with Crippen molar-refractivity contribution in [2.75, 3.05) is 17.7 Å². The zero-order valence-corrected chi connectivity index (χ0v) is 18.5. The molecular weight excluding hydrogens is 459 g/mol. The predicted octanol–water partition coefficient (Wildman–Crippen LogP) is 4.45. The van der Waals surface area contributed by atoms with E-state index in [4.69, 9.17) is 4.74 Å². The first-order valence-corrected chi connectivity index (χ1v) is 11.2. The van der Waals surface area contributed by atoms with Crippen molar-refractivity contribution in [3.05, 3.63) is 71.5 Å². The molecule has 7 nitrogen and oxygen atoms in total. The topological polar surface area (TPSA) is 90.3 Å². The first kappa shape index (κ1) is 24.2. The number of halogens is 3. The summed E-state index contributed by atoms with van der Waals surface area (Å²) >= 11 is 0. The van der Waals surface area contributed by atoms with Gasteiger partial charge in [0, 0.05) is 11.4 Å². The lowest BCUT2D eigenvalue weighted by molar-refractivity contribution is -0.143. The molecule has 2 aromatic carbocycles. The van der Waals surface area contributed by atoms with Gasteiger partial charge in [-0.15, -0.1) is 0 Å². The molecule has 0 radical (unpaired) electrons. The van der Waals surface area contributed by atoms with Crippen molar-refractivity contribution in [3.8, 4) is 5.69 Å². The number of ether oxygens (including phenoxy) is 1. The van der Waals surface area contributed by atoms with Crippen molar-refractivity contribution < 1.29 is 31.7 Å².